The van der Waals surface area contributed by atoms with Crippen LogP contribution in [-0.2, 0) is 0 Å². The predicted molar refractivity (Wildman–Crippen MR) is 40.3 cm³/mol. The van der Waals surface area contributed by atoms with E-state index in [0.29, 0.717) is 5.56 Å². The van der Waals surface area contributed by atoms with Crippen LogP contribution in [0.5, 0.6) is 11.5 Å². The fourth-order valence-corrected chi connectivity index (χ4v) is 0.640. The summed E-state index contributed by atoms with van der Waals surface area (Å²) in [5.74, 6) is 0.401. The van der Waals surface area contributed by atoms with Gasteiger partial charge in [-0.25, -0.2) is 0 Å². The molecule has 1 radical (unpaired) electrons. The molecule has 0 amide bonds. The first-order chi connectivity index (χ1) is 4.20. The predicted octanol–water partition coefficient (Wildman–Crippen LogP) is 1.03. The molecule has 3 heteroatoms. The molecule has 0 fully saturated rings. The smallest absolute Gasteiger partial charge is 0.118 e. The summed E-state index contributed by atoms with van der Waals surface area (Å²) in [6.07, 6.45) is 0. The van der Waals surface area contributed by atoms with Crippen LogP contribution in [0.1, 0.15) is 5.56 Å². The van der Waals surface area contributed by atoms with E-state index < -0.39 is 0 Å². The van der Waals surface area contributed by atoms with Gasteiger partial charge in [-0.2, -0.15) is 0 Å². The molecule has 0 spiro atoms. The molecule has 0 unspecified atom stereocenters. The fourth-order valence-electron chi connectivity index (χ4n) is 0.640. The zero-order valence-electron chi connectivity index (χ0n) is 6.13. The van der Waals surface area contributed by atoms with E-state index in [0.717, 1.165) is 0 Å². The Morgan fingerprint density at radius 1 is 1.20 bits per heavy atom. The molecule has 0 saturated carbocycles. The third kappa shape index (κ3) is 2.60. The van der Waals surface area contributed by atoms with Crippen molar-refractivity contribution in [1.82, 2.24) is 0 Å². The van der Waals surface area contributed by atoms with Crippen LogP contribution in [0.15, 0.2) is 18.2 Å². The molecule has 0 bridgehead atoms. The standard InChI is InChI=1S/C7H8O2.K/c1-5-4-6(8)2-3-7(5)9;/h2-4,8-9H,1H3;. The van der Waals surface area contributed by atoms with E-state index in [2.05, 4.69) is 0 Å². The first kappa shape index (κ1) is 10.5. The maximum atomic E-state index is 8.93. The third-order valence-electron chi connectivity index (χ3n) is 1.18. The molecule has 0 aliphatic carbocycles. The Morgan fingerprint density at radius 2 is 1.80 bits per heavy atom. The number of benzene rings is 1. The summed E-state index contributed by atoms with van der Waals surface area (Å²) >= 11 is 0. The number of aryl methyl sites for hydroxylation is 1. The van der Waals surface area contributed by atoms with Crippen molar-refractivity contribution in [3.63, 3.8) is 0 Å². The zero-order valence-corrected chi connectivity index (χ0v) is 9.25. The summed E-state index contributed by atoms with van der Waals surface area (Å²) in [7, 11) is 0. The SMILES string of the molecule is Cc1cc(O)ccc1O.[K]. The van der Waals surface area contributed by atoms with Crippen LogP contribution in [0.25, 0.3) is 0 Å². The number of hydrogen-bond donors (Lipinski definition) is 2. The van der Waals surface area contributed by atoms with E-state index >= 15 is 0 Å². The van der Waals surface area contributed by atoms with Gasteiger partial charge in [0.1, 0.15) is 11.5 Å². The summed E-state index contributed by atoms with van der Waals surface area (Å²) in [6, 6.07) is 4.42. The molecule has 10 heavy (non-hydrogen) atoms. The van der Waals surface area contributed by atoms with Crippen LogP contribution in [0.4, 0.5) is 0 Å². The van der Waals surface area contributed by atoms with Gasteiger partial charge in [0.2, 0.25) is 0 Å². The first-order valence-electron chi connectivity index (χ1n) is 2.69. The molecule has 2 N–H and O–H groups in total. The third-order valence-corrected chi connectivity index (χ3v) is 1.18. The van der Waals surface area contributed by atoms with Crippen molar-refractivity contribution in [2.45, 2.75) is 6.92 Å². The molecule has 2 nitrogen and oxygen atoms in total. The Morgan fingerprint density at radius 3 is 2.20 bits per heavy atom. The van der Waals surface area contributed by atoms with Gasteiger partial charge in [0.25, 0.3) is 0 Å². The van der Waals surface area contributed by atoms with Gasteiger partial charge in [0, 0.05) is 51.4 Å². The average Bonchev–Trinajstić information content (AvgIpc) is 1.80. The minimum atomic E-state index is 0. The Hall–Kier alpha value is 0.456. The van der Waals surface area contributed by atoms with Gasteiger partial charge in [-0.15, -0.1) is 0 Å². The van der Waals surface area contributed by atoms with Crippen molar-refractivity contribution in [1.29, 1.82) is 0 Å². The summed E-state index contributed by atoms with van der Waals surface area (Å²) < 4.78 is 0. The van der Waals surface area contributed by atoms with Crippen LogP contribution in [0.2, 0.25) is 0 Å². The molecular weight excluding hydrogens is 155 g/mol. The van der Waals surface area contributed by atoms with Gasteiger partial charge in [-0.05, 0) is 30.7 Å². The van der Waals surface area contributed by atoms with E-state index in [9.17, 15) is 0 Å². The van der Waals surface area contributed by atoms with Crippen LogP contribution in [0, 0.1) is 6.92 Å². The second kappa shape index (κ2) is 4.36. The van der Waals surface area contributed by atoms with Crippen molar-refractivity contribution in [2.24, 2.45) is 0 Å². The van der Waals surface area contributed by atoms with Crippen molar-refractivity contribution < 1.29 is 10.2 Å². The Bertz CT molecular complexity index is 223. The van der Waals surface area contributed by atoms with Gasteiger partial charge in [0.05, 0.1) is 0 Å². The van der Waals surface area contributed by atoms with Crippen molar-refractivity contribution in [3.8, 4) is 11.5 Å². The molecule has 0 aliphatic heterocycles. The van der Waals surface area contributed by atoms with E-state index in [4.69, 9.17) is 10.2 Å². The van der Waals surface area contributed by atoms with E-state index in [-0.39, 0.29) is 62.9 Å². The van der Waals surface area contributed by atoms with Gasteiger partial charge in [0.15, 0.2) is 0 Å². The van der Waals surface area contributed by atoms with E-state index in [1.807, 2.05) is 0 Å². The molecule has 1 rings (SSSR count). The van der Waals surface area contributed by atoms with Gasteiger partial charge < -0.3 is 10.2 Å². The Labute approximate surface area is 102 Å². The van der Waals surface area contributed by atoms with Gasteiger partial charge in [-0.1, -0.05) is 0 Å². The molecule has 0 heterocycles. The Kier molecular flexibility index (Phi) is 4.56. The zero-order chi connectivity index (χ0) is 6.85. The van der Waals surface area contributed by atoms with Crippen LogP contribution in [0.3, 0.4) is 0 Å². The van der Waals surface area contributed by atoms with Crippen LogP contribution >= 0.6 is 0 Å². The molecule has 1 aromatic rings. The molecular formula is C7H8KO2. The number of hydrogen-bond acceptors (Lipinski definition) is 2. The second-order valence-corrected chi connectivity index (χ2v) is 1.97. The fraction of sp³-hybridized carbons (Fsp3) is 0.143. The molecule has 0 aliphatic rings. The van der Waals surface area contributed by atoms with Crippen molar-refractivity contribution in [3.05, 3.63) is 23.8 Å². The maximum absolute atomic E-state index is 8.93. The van der Waals surface area contributed by atoms with Gasteiger partial charge in [-0.3, -0.25) is 0 Å². The van der Waals surface area contributed by atoms with E-state index in [1.54, 1.807) is 6.92 Å². The summed E-state index contributed by atoms with van der Waals surface area (Å²) in [5, 5.41) is 17.8. The number of aromatic hydroxyl groups is 2. The number of phenolic OH excluding ortho intramolecular Hbond substituents is 2. The quantitative estimate of drug-likeness (QED) is 0.443. The Balaban J connectivity index is 0.000000810. The number of phenols is 2. The van der Waals surface area contributed by atoms with Crippen LogP contribution in [-0.4, -0.2) is 61.6 Å². The molecule has 1 aromatic carbocycles. The minimum absolute atomic E-state index is 0. The largest absolute Gasteiger partial charge is 0.508 e. The normalized spacial score (nSPS) is 8.50. The molecule has 0 atom stereocenters. The van der Waals surface area contributed by atoms with Crippen molar-refractivity contribution >= 4 is 51.4 Å². The maximum Gasteiger partial charge on any atom is 0.118 e. The van der Waals surface area contributed by atoms with Crippen molar-refractivity contribution in [2.75, 3.05) is 0 Å². The first-order valence-corrected chi connectivity index (χ1v) is 2.69. The average molecular weight is 163 g/mol. The topological polar surface area (TPSA) is 40.5 Å². The molecule has 49 valence electrons. The van der Waals surface area contributed by atoms with E-state index in [1.165, 1.54) is 18.2 Å². The summed E-state index contributed by atoms with van der Waals surface area (Å²) in [5.41, 5.74) is 0.690. The van der Waals surface area contributed by atoms with Crippen LogP contribution < -0.4 is 0 Å². The monoisotopic (exact) mass is 163 g/mol. The second-order valence-electron chi connectivity index (χ2n) is 1.97. The summed E-state index contributed by atoms with van der Waals surface area (Å²) in [4.78, 5) is 0. The summed E-state index contributed by atoms with van der Waals surface area (Å²) in [6.45, 7) is 1.73. The molecule has 0 aromatic heterocycles. The minimum Gasteiger partial charge on any atom is -0.508 e. The van der Waals surface area contributed by atoms with Gasteiger partial charge >= 0.3 is 0 Å². The molecule has 0 saturated heterocycles. The number of rotatable bonds is 0.